The molecule has 3 amide bonds. The van der Waals surface area contributed by atoms with Crippen LogP contribution in [0.25, 0.3) is 6.08 Å². The van der Waals surface area contributed by atoms with E-state index in [0.717, 1.165) is 4.90 Å². The van der Waals surface area contributed by atoms with Crippen LogP contribution in [0.2, 0.25) is 0 Å². The number of carbonyl (C=O) groups excluding carboxylic acids is 3. The summed E-state index contributed by atoms with van der Waals surface area (Å²) >= 11 is 3.25. The van der Waals surface area contributed by atoms with Crippen molar-refractivity contribution in [2.75, 3.05) is 7.11 Å². The highest BCUT2D eigenvalue weighted by Gasteiger charge is 2.34. The van der Waals surface area contributed by atoms with Crippen LogP contribution in [0.3, 0.4) is 0 Å². The number of nitrogens with one attached hydrogen (secondary N) is 1. The SMILES string of the molecule is COC(=O)c1ccc(CN2C(=O)N/C(=C\c3cc(Br)c(OCc4ccc(C(=O)O)cc4)c([N+](=O)[O-])c3)C2=O)o1. The summed E-state index contributed by atoms with van der Waals surface area (Å²) in [4.78, 5) is 59.8. The summed E-state index contributed by atoms with van der Waals surface area (Å²) < 4.78 is 15.7. The molecule has 2 aromatic carbocycles. The second kappa shape index (κ2) is 11.2. The number of furan rings is 1. The van der Waals surface area contributed by atoms with Crippen molar-refractivity contribution >= 4 is 51.6 Å². The van der Waals surface area contributed by atoms with Gasteiger partial charge in [0.05, 0.1) is 28.6 Å². The zero-order valence-electron chi connectivity index (χ0n) is 20.0. The number of ether oxygens (including phenoxy) is 2. The van der Waals surface area contributed by atoms with E-state index in [9.17, 15) is 29.3 Å². The van der Waals surface area contributed by atoms with E-state index in [2.05, 4.69) is 26.0 Å². The van der Waals surface area contributed by atoms with Crippen LogP contribution in [0.15, 0.2) is 63.1 Å². The van der Waals surface area contributed by atoms with Crippen LogP contribution in [0.4, 0.5) is 10.5 Å². The van der Waals surface area contributed by atoms with Crippen molar-refractivity contribution in [2.24, 2.45) is 0 Å². The van der Waals surface area contributed by atoms with Crippen molar-refractivity contribution in [2.45, 2.75) is 13.2 Å². The van der Waals surface area contributed by atoms with Crippen molar-refractivity contribution in [3.8, 4) is 5.75 Å². The van der Waals surface area contributed by atoms with E-state index < -0.39 is 34.5 Å². The minimum Gasteiger partial charge on any atom is -0.481 e. The quantitative estimate of drug-likeness (QED) is 0.119. The average Bonchev–Trinajstić information content (AvgIpc) is 3.48. The highest BCUT2D eigenvalue weighted by molar-refractivity contribution is 9.10. The van der Waals surface area contributed by atoms with Crippen molar-refractivity contribution in [1.82, 2.24) is 10.2 Å². The Morgan fingerprint density at radius 1 is 1.18 bits per heavy atom. The Morgan fingerprint density at radius 2 is 1.90 bits per heavy atom. The van der Waals surface area contributed by atoms with Gasteiger partial charge in [-0.15, -0.1) is 0 Å². The first-order valence-corrected chi connectivity index (χ1v) is 11.8. The minimum absolute atomic E-state index is 0.0756. The molecule has 1 aliphatic rings. The number of nitro groups is 1. The summed E-state index contributed by atoms with van der Waals surface area (Å²) in [6, 6.07) is 10.5. The molecule has 3 aromatic rings. The second-order valence-electron chi connectivity index (χ2n) is 8.04. The molecule has 0 atom stereocenters. The lowest BCUT2D eigenvalue weighted by molar-refractivity contribution is -0.386. The number of benzene rings is 2. The Balaban J connectivity index is 1.53. The van der Waals surface area contributed by atoms with E-state index in [1.165, 1.54) is 61.7 Å². The number of carboxylic acid groups (broad SMARTS) is 1. The number of methoxy groups -OCH3 is 1. The number of imide groups is 1. The zero-order chi connectivity index (χ0) is 28.3. The van der Waals surface area contributed by atoms with Crippen LogP contribution >= 0.6 is 15.9 Å². The summed E-state index contributed by atoms with van der Waals surface area (Å²) in [5, 5.41) is 23.2. The van der Waals surface area contributed by atoms with Crippen LogP contribution in [0.1, 0.15) is 37.8 Å². The third kappa shape index (κ3) is 5.96. The van der Waals surface area contributed by atoms with Gasteiger partial charge in [0.25, 0.3) is 5.91 Å². The summed E-state index contributed by atoms with van der Waals surface area (Å²) in [5.41, 5.74) is 0.363. The molecule has 2 N–H and O–H groups in total. The summed E-state index contributed by atoms with van der Waals surface area (Å²) in [7, 11) is 1.18. The molecule has 0 bridgehead atoms. The number of rotatable bonds is 9. The van der Waals surface area contributed by atoms with Crippen LogP contribution in [0.5, 0.6) is 5.75 Å². The van der Waals surface area contributed by atoms with Crippen molar-refractivity contribution in [3.05, 3.63) is 97.0 Å². The van der Waals surface area contributed by atoms with Crippen LogP contribution in [0, 0.1) is 10.1 Å². The predicted octanol–water partition coefficient (Wildman–Crippen LogP) is 4.11. The lowest BCUT2D eigenvalue weighted by atomic mass is 10.1. The molecule has 13 nitrogen and oxygen atoms in total. The molecular weight excluding hydrogens is 582 g/mol. The number of hydrogen-bond donors (Lipinski definition) is 2. The van der Waals surface area contributed by atoms with Crippen LogP contribution in [-0.2, 0) is 22.7 Å². The maximum atomic E-state index is 12.9. The maximum Gasteiger partial charge on any atom is 0.373 e. The van der Waals surface area contributed by atoms with Crippen LogP contribution in [-0.4, -0.2) is 45.9 Å². The van der Waals surface area contributed by atoms with Gasteiger partial charge in [-0.2, -0.15) is 0 Å². The number of carbonyl (C=O) groups is 4. The number of nitro benzene ring substituents is 1. The third-order valence-electron chi connectivity index (χ3n) is 5.46. The summed E-state index contributed by atoms with van der Waals surface area (Å²) in [6.45, 7) is -0.336. The fourth-order valence-electron chi connectivity index (χ4n) is 3.57. The highest BCUT2D eigenvalue weighted by Crippen LogP contribution is 2.37. The molecule has 0 aliphatic carbocycles. The lowest BCUT2D eigenvalue weighted by Gasteiger charge is -2.10. The standard InChI is InChI=1S/C25H18BrN3O10/c1-37-24(33)20-7-6-16(39-20)11-28-22(30)18(27-25(28)34)9-14-8-17(26)21(19(10-14)29(35)36)38-12-13-2-4-15(5-3-13)23(31)32/h2-10H,11-12H2,1H3,(H,27,34)(H,31,32)/b18-9-. The number of halogens is 1. The summed E-state index contributed by atoms with van der Waals surface area (Å²) in [6.07, 6.45) is 1.27. The van der Waals surface area contributed by atoms with Gasteiger partial charge in [0.1, 0.15) is 18.1 Å². The molecule has 1 fully saturated rings. The molecule has 1 aliphatic heterocycles. The molecule has 2 heterocycles. The second-order valence-corrected chi connectivity index (χ2v) is 8.89. The molecule has 39 heavy (non-hydrogen) atoms. The van der Waals surface area contributed by atoms with Crippen LogP contribution < -0.4 is 10.1 Å². The van der Waals surface area contributed by atoms with E-state index in [-0.39, 0.29) is 51.7 Å². The Morgan fingerprint density at radius 3 is 2.54 bits per heavy atom. The fraction of sp³-hybridized carbons (Fsp3) is 0.120. The summed E-state index contributed by atoms with van der Waals surface area (Å²) in [5.74, 6) is -2.51. The van der Waals surface area contributed by atoms with E-state index in [1.807, 2.05) is 0 Å². The molecule has 0 unspecified atom stereocenters. The Hall–Kier alpha value is -4.98. The number of urea groups is 1. The van der Waals surface area contributed by atoms with E-state index >= 15 is 0 Å². The number of amides is 3. The Kier molecular flexibility index (Phi) is 7.76. The third-order valence-corrected chi connectivity index (χ3v) is 6.05. The number of esters is 1. The lowest BCUT2D eigenvalue weighted by Crippen LogP contribution is -2.30. The molecule has 14 heteroatoms. The number of carboxylic acids is 1. The Labute approximate surface area is 227 Å². The van der Waals surface area contributed by atoms with Crippen molar-refractivity contribution < 1.29 is 43.1 Å². The molecule has 0 spiro atoms. The van der Waals surface area contributed by atoms with Gasteiger partial charge in [-0.25, -0.2) is 14.4 Å². The van der Waals surface area contributed by atoms with Gasteiger partial charge < -0.3 is 24.3 Å². The van der Waals surface area contributed by atoms with Gasteiger partial charge in [-0.3, -0.25) is 19.8 Å². The smallest absolute Gasteiger partial charge is 0.373 e. The predicted molar refractivity (Wildman–Crippen MR) is 136 cm³/mol. The van der Waals surface area contributed by atoms with Crippen molar-refractivity contribution in [1.29, 1.82) is 0 Å². The van der Waals surface area contributed by atoms with Gasteiger partial charge in [0, 0.05) is 6.07 Å². The zero-order valence-corrected chi connectivity index (χ0v) is 21.6. The first-order valence-electron chi connectivity index (χ1n) is 11.0. The molecule has 1 aromatic heterocycles. The molecule has 0 saturated carbocycles. The van der Waals surface area contributed by atoms with Gasteiger partial charge >= 0.3 is 23.7 Å². The van der Waals surface area contributed by atoms with Crippen molar-refractivity contribution in [3.63, 3.8) is 0 Å². The average molecular weight is 600 g/mol. The van der Waals surface area contributed by atoms with Gasteiger partial charge in [0.2, 0.25) is 11.5 Å². The highest BCUT2D eigenvalue weighted by atomic mass is 79.9. The monoisotopic (exact) mass is 599 g/mol. The number of hydrogen-bond acceptors (Lipinski definition) is 9. The first kappa shape index (κ1) is 27.1. The molecule has 0 radical (unpaired) electrons. The van der Waals surface area contributed by atoms with Gasteiger partial charge in [-0.1, -0.05) is 12.1 Å². The van der Waals surface area contributed by atoms with Gasteiger partial charge in [0.15, 0.2) is 0 Å². The van der Waals surface area contributed by atoms with E-state index in [0.29, 0.717) is 5.56 Å². The Bertz CT molecular complexity index is 1530. The molecule has 200 valence electrons. The number of nitrogens with zero attached hydrogens (tertiary/aromatic N) is 2. The largest absolute Gasteiger partial charge is 0.481 e. The minimum atomic E-state index is -1.08. The normalized spacial score (nSPS) is 13.9. The van der Waals surface area contributed by atoms with Gasteiger partial charge in [-0.05, 0) is 63.5 Å². The topological polar surface area (TPSA) is 179 Å². The van der Waals surface area contributed by atoms with E-state index in [1.54, 1.807) is 0 Å². The maximum absolute atomic E-state index is 12.9. The fourth-order valence-corrected chi connectivity index (χ4v) is 4.15. The molecular formula is C25H18BrN3O10. The molecule has 4 rings (SSSR count). The first-order chi connectivity index (χ1) is 18.6. The molecule has 1 saturated heterocycles. The van der Waals surface area contributed by atoms with E-state index in [4.69, 9.17) is 14.3 Å². The number of aromatic carboxylic acids is 1.